The maximum Gasteiger partial charge on any atom is 0.235 e. The van der Waals surface area contributed by atoms with Crippen LogP contribution in [0.15, 0.2) is 41.6 Å². The number of nitrogens with zero attached hydrogens (tertiary/aromatic N) is 3. The zero-order chi connectivity index (χ0) is 22.6. The minimum Gasteiger partial charge on any atom is -0.497 e. The molecule has 2 aromatic heterocycles. The van der Waals surface area contributed by atoms with Gasteiger partial charge in [-0.1, -0.05) is 0 Å². The summed E-state index contributed by atoms with van der Waals surface area (Å²) in [6, 6.07) is 10.2. The molecule has 0 aliphatic carbocycles. The molecular formula is C24H27N5O3S. The number of carbonyl (C=O) groups excluding carboxylic acids is 1. The van der Waals surface area contributed by atoms with Crippen LogP contribution < -0.4 is 15.4 Å². The second-order valence-corrected chi connectivity index (χ2v) is 9.36. The van der Waals surface area contributed by atoms with Gasteiger partial charge in [-0.2, -0.15) is 0 Å². The van der Waals surface area contributed by atoms with E-state index in [0.717, 1.165) is 58.6 Å². The van der Waals surface area contributed by atoms with E-state index in [1.165, 1.54) is 11.8 Å². The number of amides is 1. The van der Waals surface area contributed by atoms with Gasteiger partial charge in [-0.15, -0.1) is 11.8 Å². The summed E-state index contributed by atoms with van der Waals surface area (Å²) in [5.41, 5.74) is 2.89. The molecule has 0 saturated carbocycles. The molecule has 4 heterocycles. The van der Waals surface area contributed by atoms with E-state index in [-0.39, 0.29) is 12.0 Å². The van der Waals surface area contributed by atoms with Crippen molar-refractivity contribution >= 4 is 34.4 Å². The van der Waals surface area contributed by atoms with Crippen LogP contribution in [0.25, 0.3) is 10.9 Å². The van der Waals surface area contributed by atoms with Crippen molar-refractivity contribution in [3.05, 3.63) is 48.0 Å². The van der Waals surface area contributed by atoms with Crippen molar-refractivity contribution < 1.29 is 14.3 Å². The number of benzene rings is 1. The molecule has 172 valence electrons. The lowest BCUT2D eigenvalue weighted by Crippen LogP contribution is -2.39. The second kappa shape index (κ2) is 10.0. The van der Waals surface area contributed by atoms with Crippen LogP contribution >= 0.6 is 11.8 Å². The molecule has 33 heavy (non-hydrogen) atoms. The van der Waals surface area contributed by atoms with Crippen molar-refractivity contribution in [1.29, 1.82) is 0 Å². The van der Waals surface area contributed by atoms with E-state index in [2.05, 4.69) is 25.6 Å². The Kier molecular flexibility index (Phi) is 6.70. The lowest BCUT2D eigenvalue weighted by Gasteiger charge is -2.30. The number of methoxy groups -OCH3 is 1. The van der Waals surface area contributed by atoms with E-state index in [0.29, 0.717) is 30.8 Å². The Balaban J connectivity index is 1.11. The van der Waals surface area contributed by atoms with Gasteiger partial charge in [-0.3, -0.25) is 4.79 Å². The number of hydrogen-bond donors (Lipinski definition) is 2. The van der Waals surface area contributed by atoms with Gasteiger partial charge in [0.05, 0.1) is 47.4 Å². The molecule has 0 unspecified atom stereocenters. The van der Waals surface area contributed by atoms with E-state index >= 15 is 0 Å². The van der Waals surface area contributed by atoms with E-state index in [4.69, 9.17) is 9.47 Å². The van der Waals surface area contributed by atoms with Crippen LogP contribution in [0.1, 0.15) is 30.7 Å². The van der Waals surface area contributed by atoms with Crippen molar-refractivity contribution in [2.24, 2.45) is 0 Å². The first-order chi connectivity index (χ1) is 16.2. The smallest absolute Gasteiger partial charge is 0.235 e. The van der Waals surface area contributed by atoms with Crippen LogP contribution in [0.3, 0.4) is 0 Å². The molecule has 8 nitrogen and oxygen atoms in total. The fraction of sp³-hybridized carbons (Fsp3) is 0.417. The number of thioether (sulfide) groups is 1. The zero-order valence-corrected chi connectivity index (χ0v) is 19.4. The van der Waals surface area contributed by atoms with Gasteiger partial charge >= 0.3 is 0 Å². The maximum absolute atomic E-state index is 11.6. The summed E-state index contributed by atoms with van der Waals surface area (Å²) in [6.07, 6.45) is 5.70. The molecule has 0 bridgehead atoms. The summed E-state index contributed by atoms with van der Waals surface area (Å²) in [5.74, 6) is 1.95. The lowest BCUT2D eigenvalue weighted by molar-refractivity contribution is -0.113. The van der Waals surface area contributed by atoms with Crippen LogP contribution in [-0.2, 0) is 22.5 Å². The minimum atomic E-state index is 0.00549. The van der Waals surface area contributed by atoms with Gasteiger partial charge in [0.25, 0.3) is 0 Å². The Morgan fingerprint density at radius 1 is 1.24 bits per heavy atom. The number of hydrogen-bond acceptors (Lipinski definition) is 8. The molecule has 5 rings (SSSR count). The van der Waals surface area contributed by atoms with Crippen LogP contribution in [0.5, 0.6) is 5.75 Å². The lowest BCUT2D eigenvalue weighted by atomic mass is 9.99. The maximum atomic E-state index is 11.6. The van der Waals surface area contributed by atoms with Gasteiger partial charge in [0, 0.05) is 18.0 Å². The Labute approximate surface area is 196 Å². The van der Waals surface area contributed by atoms with Gasteiger partial charge in [0.15, 0.2) is 0 Å². The average Bonchev–Trinajstić information content (AvgIpc) is 2.86. The third-order valence-corrected chi connectivity index (χ3v) is 7.15. The number of rotatable bonds is 7. The van der Waals surface area contributed by atoms with E-state index < -0.39 is 0 Å². The van der Waals surface area contributed by atoms with Gasteiger partial charge < -0.3 is 20.1 Å². The van der Waals surface area contributed by atoms with Crippen LogP contribution in [0.2, 0.25) is 0 Å². The third kappa shape index (κ3) is 5.26. The summed E-state index contributed by atoms with van der Waals surface area (Å²) in [5, 5.41) is 7.44. The highest BCUT2D eigenvalue weighted by molar-refractivity contribution is 8.00. The summed E-state index contributed by atoms with van der Waals surface area (Å²) < 4.78 is 11.5. The molecule has 2 atom stereocenters. The molecule has 1 amide bonds. The SMILES string of the molecule is COc1ccc2ncnc(CC[C@H]3CC[C@@H](NCc4ccc5c(n4)NC(=O)CS5)CO3)c2c1. The number of anilines is 1. The Hall–Kier alpha value is -2.75. The molecule has 3 aromatic rings. The first kappa shape index (κ1) is 22.1. The zero-order valence-electron chi connectivity index (χ0n) is 18.5. The van der Waals surface area contributed by atoms with E-state index in [1.807, 2.05) is 30.3 Å². The number of aryl methyl sites for hydroxylation is 1. The van der Waals surface area contributed by atoms with Crippen LogP contribution in [0, 0.1) is 0 Å². The molecule has 1 fully saturated rings. The highest BCUT2D eigenvalue weighted by Crippen LogP contribution is 2.30. The monoisotopic (exact) mass is 465 g/mol. The molecule has 0 spiro atoms. The number of nitrogens with one attached hydrogen (secondary N) is 2. The van der Waals surface area contributed by atoms with Gasteiger partial charge in [-0.05, 0) is 56.0 Å². The summed E-state index contributed by atoms with van der Waals surface area (Å²) in [4.78, 5) is 26.1. The largest absolute Gasteiger partial charge is 0.497 e. The molecule has 2 aliphatic rings. The first-order valence-corrected chi connectivity index (χ1v) is 12.2. The molecule has 1 saturated heterocycles. The summed E-state index contributed by atoms with van der Waals surface area (Å²) in [7, 11) is 1.67. The highest BCUT2D eigenvalue weighted by atomic mass is 32.2. The third-order valence-electron chi connectivity index (χ3n) is 6.10. The van der Waals surface area contributed by atoms with E-state index in [1.54, 1.807) is 13.4 Å². The molecule has 0 radical (unpaired) electrons. The molecule has 2 aliphatic heterocycles. The fourth-order valence-electron chi connectivity index (χ4n) is 4.26. The van der Waals surface area contributed by atoms with Crippen molar-refractivity contribution in [3.8, 4) is 5.75 Å². The highest BCUT2D eigenvalue weighted by Gasteiger charge is 2.22. The standard InChI is InChI=1S/C24H27N5O3S/c1-31-18-6-8-21-19(10-18)20(26-14-27-21)7-5-17-4-2-16(12-32-17)25-11-15-3-9-22-24(28-15)29-23(30)13-33-22/h3,6,8-10,14,16-17,25H,2,4-5,7,11-13H2,1H3,(H,28,29,30)/t16-,17-/m1/s1. The molecule has 1 aromatic carbocycles. The number of aromatic nitrogens is 3. The Morgan fingerprint density at radius 2 is 2.18 bits per heavy atom. The van der Waals surface area contributed by atoms with Crippen LogP contribution in [-0.4, -0.2) is 52.5 Å². The van der Waals surface area contributed by atoms with Crippen LogP contribution in [0.4, 0.5) is 5.82 Å². The number of ether oxygens (including phenoxy) is 2. The predicted octanol–water partition coefficient (Wildman–Crippen LogP) is 3.35. The van der Waals surface area contributed by atoms with Gasteiger partial charge in [0.1, 0.15) is 17.9 Å². The minimum absolute atomic E-state index is 0.00549. The number of pyridine rings is 1. The Morgan fingerprint density at radius 3 is 3.03 bits per heavy atom. The molecule has 2 N–H and O–H groups in total. The van der Waals surface area contributed by atoms with Gasteiger partial charge in [0.2, 0.25) is 5.91 Å². The molecular weight excluding hydrogens is 438 g/mol. The Bertz CT molecular complexity index is 1150. The fourth-order valence-corrected chi connectivity index (χ4v) is 5.02. The summed E-state index contributed by atoms with van der Waals surface area (Å²) in [6.45, 7) is 1.34. The van der Waals surface area contributed by atoms with Crippen molar-refractivity contribution in [1.82, 2.24) is 20.3 Å². The first-order valence-electron chi connectivity index (χ1n) is 11.2. The topological polar surface area (TPSA) is 98.3 Å². The number of fused-ring (bicyclic) bond motifs is 2. The van der Waals surface area contributed by atoms with Gasteiger partial charge in [-0.25, -0.2) is 15.0 Å². The second-order valence-electron chi connectivity index (χ2n) is 8.34. The van der Waals surface area contributed by atoms with E-state index in [9.17, 15) is 4.79 Å². The predicted molar refractivity (Wildman–Crippen MR) is 128 cm³/mol. The quantitative estimate of drug-likeness (QED) is 0.548. The number of carbonyl (C=O) groups is 1. The van der Waals surface area contributed by atoms with Crippen molar-refractivity contribution in [3.63, 3.8) is 0 Å². The summed E-state index contributed by atoms with van der Waals surface area (Å²) >= 11 is 1.53. The van der Waals surface area contributed by atoms with Crippen molar-refractivity contribution in [2.45, 2.75) is 49.3 Å². The average molecular weight is 466 g/mol. The van der Waals surface area contributed by atoms with Crippen molar-refractivity contribution in [2.75, 3.05) is 24.8 Å². The molecule has 9 heteroatoms. The normalized spacial score (nSPS) is 20.3.